The van der Waals surface area contributed by atoms with Gasteiger partial charge in [-0.2, -0.15) is 0 Å². The summed E-state index contributed by atoms with van der Waals surface area (Å²) in [5.74, 6) is 0.0651. The van der Waals surface area contributed by atoms with Crippen molar-refractivity contribution in [1.82, 2.24) is 24.9 Å². The van der Waals surface area contributed by atoms with Gasteiger partial charge in [-0.3, -0.25) is 9.59 Å². The van der Waals surface area contributed by atoms with Gasteiger partial charge in [0.05, 0.1) is 24.9 Å². The van der Waals surface area contributed by atoms with Gasteiger partial charge in [-0.05, 0) is 48.5 Å². The van der Waals surface area contributed by atoms with Crippen LogP contribution in [-0.2, 0) is 22.7 Å². The summed E-state index contributed by atoms with van der Waals surface area (Å²) in [6.07, 6.45) is 0. The average Bonchev–Trinajstić information content (AvgIpc) is 3.56. The molecule has 192 valence electrons. The smallest absolute Gasteiger partial charge is 0.245 e. The Balaban J connectivity index is 1.34. The molecule has 0 aliphatic carbocycles. The second kappa shape index (κ2) is 11.4. The molecule has 0 spiro atoms. The highest BCUT2D eigenvalue weighted by Crippen LogP contribution is 2.24. The molecule has 2 amide bonds. The van der Waals surface area contributed by atoms with Crippen LogP contribution in [0, 0.1) is 0 Å². The predicted molar refractivity (Wildman–Crippen MR) is 147 cm³/mol. The minimum atomic E-state index is -0.332. The van der Waals surface area contributed by atoms with E-state index in [1.165, 1.54) is 20.9 Å². The third-order valence-electron chi connectivity index (χ3n) is 5.78. The van der Waals surface area contributed by atoms with Crippen LogP contribution in [0.2, 0.25) is 5.02 Å². The maximum absolute atomic E-state index is 13.4. The summed E-state index contributed by atoms with van der Waals surface area (Å²) < 4.78 is 6.70. The summed E-state index contributed by atoms with van der Waals surface area (Å²) in [6, 6.07) is 21.8. The van der Waals surface area contributed by atoms with Crippen molar-refractivity contribution < 1.29 is 14.3 Å². The lowest BCUT2D eigenvalue weighted by Crippen LogP contribution is -2.39. The molecule has 0 unspecified atom stereocenters. The Morgan fingerprint density at radius 3 is 2.58 bits per heavy atom. The number of hydrogen-bond donors (Lipinski definition) is 1. The Hall–Kier alpha value is -4.28. The number of fused-ring (bicyclic) bond motifs is 1. The fraction of sp³-hybridized carbons (Fsp3) is 0.148. The fourth-order valence-corrected chi connectivity index (χ4v) is 4.79. The minimum absolute atomic E-state index is 0.0637. The van der Waals surface area contributed by atoms with E-state index in [9.17, 15) is 9.59 Å². The number of amides is 2. The van der Waals surface area contributed by atoms with E-state index in [-0.39, 0.29) is 31.4 Å². The zero-order valence-corrected chi connectivity index (χ0v) is 21.9. The van der Waals surface area contributed by atoms with E-state index in [2.05, 4.69) is 15.6 Å². The van der Waals surface area contributed by atoms with Crippen LogP contribution in [0.1, 0.15) is 5.01 Å². The molecule has 38 heavy (non-hydrogen) atoms. The van der Waals surface area contributed by atoms with Gasteiger partial charge in [0.2, 0.25) is 11.8 Å². The summed E-state index contributed by atoms with van der Waals surface area (Å²) in [5.41, 5.74) is 3.73. The first-order valence-electron chi connectivity index (χ1n) is 11.7. The highest BCUT2D eigenvalue weighted by Gasteiger charge is 2.21. The van der Waals surface area contributed by atoms with E-state index >= 15 is 0 Å². The number of carbonyl (C=O) groups excluding carboxylic acids is 2. The van der Waals surface area contributed by atoms with Crippen LogP contribution < -0.4 is 10.1 Å². The highest BCUT2D eigenvalue weighted by atomic mass is 35.5. The van der Waals surface area contributed by atoms with Gasteiger partial charge in [0.1, 0.15) is 29.4 Å². The molecule has 0 saturated heterocycles. The Morgan fingerprint density at radius 2 is 1.82 bits per heavy atom. The molecule has 5 aromatic rings. The summed E-state index contributed by atoms with van der Waals surface area (Å²) in [7, 11) is 1.58. The summed E-state index contributed by atoms with van der Waals surface area (Å²) in [5, 5.41) is 14.3. The topological polar surface area (TPSA) is 102 Å². The molecule has 11 heteroatoms. The third kappa shape index (κ3) is 5.99. The number of hydrogen-bond acceptors (Lipinski definition) is 7. The maximum Gasteiger partial charge on any atom is 0.245 e. The van der Waals surface area contributed by atoms with Crippen LogP contribution in [0.4, 0.5) is 5.69 Å². The van der Waals surface area contributed by atoms with E-state index in [1.807, 2.05) is 41.8 Å². The molecule has 5 rings (SSSR count). The van der Waals surface area contributed by atoms with E-state index < -0.39 is 0 Å². The Morgan fingerprint density at radius 1 is 1.05 bits per heavy atom. The fourth-order valence-electron chi connectivity index (χ4n) is 3.84. The summed E-state index contributed by atoms with van der Waals surface area (Å²) in [6.45, 7) is -0.0567. The van der Waals surface area contributed by atoms with E-state index in [0.29, 0.717) is 27.0 Å². The number of anilines is 1. The van der Waals surface area contributed by atoms with Crippen LogP contribution in [0.5, 0.6) is 5.75 Å². The Labute approximate surface area is 227 Å². The van der Waals surface area contributed by atoms with Gasteiger partial charge < -0.3 is 15.0 Å². The van der Waals surface area contributed by atoms with Crippen LogP contribution in [0.3, 0.4) is 0 Å². The number of benzene rings is 3. The van der Waals surface area contributed by atoms with Crippen molar-refractivity contribution in [3.8, 4) is 17.0 Å². The number of methoxy groups -OCH3 is 1. The van der Waals surface area contributed by atoms with E-state index in [0.717, 1.165) is 16.8 Å². The number of para-hydroxylation sites is 1. The van der Waals surface area contributed by atoms with Crippen molar-refractivity contribution in [2.45, 2.75) is 13.1 Å². The molecule has 9 nitrogen and oxygen atoms in total. The van der Waals surface area contributed by atoms with Gasteiger partial charge in [-0.1, -0.05) is 41.1 Å². The van der Waals surface area contributed by atoms with Gasteiger partial charge in [-0.25, -0.2) is 9.67 Å². The molecular weight excluding hydrogens is 524 g/mol. The lowest BCUT2D eigenvalue weighted by molar-refractivity contribution is -0.136. The molecule has 0 radical (unpaired) electrons. The molecule has 3 aromatic carbocycles. The van der Waals surface area contributed by atoms with Crippen LogP contribution in [0.25, 0.3) is 22.3 Å². The highest BCUT2D eigenvalue weighted by molar-refractivity contribution is 7.09. The van der Waals surface area contributed by atoms with Crippen molar-refractivity contribution >= 4 is 51.5 Å². The standard InChI is InChI=1S/C27H23ClN6O3S/c1-37-21-12-10-20(11-13-21)29-25(35)14-33(27(36)16-34-24-5-3-2-4-22(24)31-32-34)15-26-30-23(17-38-26)18-6-8-19(28)9-7-18/h2-13,17H,14-16H2,1H3,(H,29,35). The lowest BCUT2D eigenvalue weighted by Gasteiger charge is -2.21. The van der Waals surface area contributed by atoms with Crippen LogP contribution in [-0.4, -0.2) is 50.3 Å². The lowest BCUT2D eigenvalue weighted by atomic mass is 10.2. The van der Waals surface area contributed by atoms with Crippen molar-refractivity contribution in [2.24, 2.45) is 0 Å². The van der Waals surface area contributed by atoms with Crippen molar-refractivity contribution in [3.05, 3.63) is 88.2 Å². The molecule has 0 saturated carbocycles. The van der Waals surface area contributed by atoms with Crippen LogP contribution in [0.15, 0.2) is 78.2 Å². The van der Waals surface area contributed by atoms with Gasteiger partial charge in [0.15, 0.2) is 0 Å². The van der Waals surface area contributed by atoms with E-state index in [1.54, 1.807) is 43.5 Å². The molecule has 0 bridgehead atoms. The first-order chi connectivity index (χ1) is 18.5. The number of ether oxygens (including phenoxy) is 1. The molecule has 0 atom stereocenters. The van der Waals surface area contributed by atoms with Crippen molar-refractivity contribution in [3.63, 3.8) is 0 Å². The minimum Gasteiger partial charge on any atom is -0.497 e. The van der Waals surface area contributed by atoms with Crippen molar-refractivity contribution in [2.75, 3.05) is 19.0 Å². The maximum atomic E-state index is 13.4. The van der Waals surface area contributed by atoms with Gasteiger partial charge in [-0.15, -0.1) is 16.4 Å². The quantitative estimate of drug-likeness (QED) is 0.282. The van der Waals surface area contributed by atoms with Crippen LogP contribution >= 0.6 is 22.9 Å². The average molecular weight is 547 g/mol. The number of thiazole rings is 1. The molecule has 2 aromatic heterocycles. The number of nitrogens with zero attached hydrogens (tertiary/aromatic N) is 5. The zero-order chi connectivity index (χ0) is 26.5. The number of rotatable bonds is 9. The molecule has 0 aliphatic rings. The second-order valence-corrected chi connectivity index (χ2v) is 9.77. The SMILES string of the molecule is COc1ccc(NC(=O)CN(Cc2nc(-c3ccc(Cl)cc3)cs2)C(=O)Cn2nnc3ccccc32)cc1. The number of carbonyl (C=O) groups is 2. The Kier molecular flexibility index (Phi) is 7.62. The second-order valence-electron chi connectivity index (χ2n) is 8.40. The molecule has 0 fully saturated rings. The summed E-state index contributed by atoms with van der Waals surface area (Å²) >= 11 is 7.43. The molecular formula is C27H23ClN6O3S. The monoisotopic (exact) mass is 546 g/mol. The third-order valence-corrected chi connectivity index (χ3v) is 6.87. The number of halogens is 1. The van der Waals surface area contributed by atoms with Gasteiger partial charge in [0, 0.05) is 21.7 Å². The number of nitrogens with one attached hydrogen (secondary N) is 1. The molecule has 2 heterocycles. The first kappa shape index (κ1) is 25.4. The normalized spacial score (nSPS) is 10.9. The molecule has 1 N–H and O–H groups in total. The number of aromatic nitrogens is 4. The van der Waals surface area contributed by atoms with Crippen molar-refractivity contribution in [1.29, 1.82) is 0 Å². The largest absolute Gasteiger partial charge is 0.497 e. The zero-order valence-electron chi connectivity index (χ0n) is 20.4. The van der Waals surface area contributed by atoms with Gasteiger partial charge >= 0.3 is 0 Å². The van der Waals surface area contributed by atoms with Gasteiger partial charge in [0.25, 0.3) is 0 Å². The summed E-state index contributed by atoms with van der Waals surface area (Å²) in [4.78, 5) is 32.6. The predicted octanol–water partition coefficient (Wildman–Crippen LogP) is 4.88. The molecule has 0 aliphatic heterocycles. The Bertz CT molecular complexity index is 1570. The first-order valence-corrected chi connectivity index (χ1v) is 12.9. The van der Waals surface area contributed by atoms with E-state index in [4.69, 9.17) is 21.3 Å².